The minimum atomic E-state index is -0.649. The Kier molecular flexibility index (Phi) is 5.64. The maximum Gasteiger partial charge on any atom is 0.223 e. The molecule has 37 heavy (non-hydrogen) atoms. The Bertz CT molecular complexity index is 1180. The molecule has 5 nitrogen and oxygen atoms in total. The number of hydrogen-bond acceptors (Lipinski definition) is 4. The maximum absolute atomic E-state index is 14.3. The first-order chi connectivity index (χ1) is 17.1. The highest BCUT2D eigenvalue weighted by Crippen LogP contribution is 2.73. The quantitative estimate of drug-likeness (QED) is 0.488. The van der Waals surface area contributed by atoms with Crippen molar-refractivity contribution >= 4 is 17.5 Å². The monoisotopic (exact) mass is 504 g/mol. The summed E-state index contributed by atoms with van der Waals surface area (Å²) in [5.41, 5.74) is -0.223. The number of nitrogens with one attached hydrogen (secondary N) is 1. The molecule has 3 saturated carbocycles. The largest absolute Gasteiger partial charge is 0.359 e. The Morgan fingerprint density at radius 3 is 2.30 bits per heavy atom. The van der Waals surface area contributed by atoms with E-state index in [2.05, 4.69) is 46.0 Å². The van der Waals surface area contributed by atoms with Crippen LogP contribution in [0.5, 0.6) is 0 Å². The minimum absolute atomic E-state index is 0.00357. The SMILES string of the molecule is CNC(=O)[C@@H]1CC(C)(C)CC2C1CC[C@]1(C)C2C(=O)C=C2[C@@]3(C)C=C(C#N)C(=O)C(C)(C)[C@@H]3CC[C@]21C. The topological polar surface area (TPSA) is 87.0 Å². The molecule has 200 valence electrons. The molecule has 0 aliphatic heterocycles. The Morgan fingerprint density at radius 1 is 1.00 bits per heavy atom. The predicted octanol–water partition coefficient (Wildman–Crippen LogP) is 5.81. The molecule has 0 aromatic heterocycles. The first-order valence-corrected chi connectivity index (χ1v) is 14.2. The van der Waals surface area contributed by atoms with Crippen molar-refractivity contribution in [3.05, 3.63) is 23.3 Å². The summed E-state index contributed by atoms with van der Waals surface area (Å²) in [5.74, 6) is 0.564. The van der Waals surface area contributed by atoms with Crippen molar-refractivity contribution in [2.45, 2.75) is 87.0 Å². The van der Waals surface area contributed by atoms with Gasteiger partial charge in [-0.25, -0.2) is 0 Å². The molecule has 0 heterocycles. The molecule has 5 rings (SSSR count). The number of hydrogen-bond donors (Lipinski definition) is 1. The number of carbonyl (C=O) groups is 3. The molecule has 5 aliphatic carbocycles. The van der Waals surface area contributed by atoms with Gasteiger partial charge < -0.3 is 5.32 Å². The van der Waals surface area contributed by atoms with E-state index < -0.39 is 10.8 Å². The molecule has 0 aromatic carbocycles. The zero-order valence-corrected chi connectivity index (χ0v) is 24.0. The van der Waals surface area contributed by atoms with E-state index in [1.165, 1.54) is 0 Å². The van der Waals surface area contributed by atoms with Crippen molar-refractivity contribution in [1.29, 1.82) is 5.26 Å². The summed E-state index contributed by atoms with van der Waals surface area (Å²) in [7, 11) is 1.73. The lowest BCUT2D eigenvalue weighted by atomic mass is 9.35. The van der Waals surface area contributed by atoms with Crippen LogP contribution < -0.4 is 5.32 Å². The summed E-state index contributed by atoms with van der Waals surface area (Å²) in [5, 5.41) is 12.8. The highest BCUT2D eigenvalue weighted by molar-refractivity contribution is 6.04. The first kappa shape index (κ1) is 26.4. The van der Waals surface area contributed by atoms with E-state index in [1.54, 1.807) is 7.05 Å². The third kappa shape index (κ3) is 3.29. The molecule has 0 saturated heterocycles. The van der Waals surface area contributed by atoms with Gasteiger partial charge in [0.2, 0.25) is 5.91 Å². The van der Waals surface area contributed by atoms with Crippen LogP contribution in [-0.4, -0.2) is 24.5 Å². The zero-order valence-electron chi connectivity index (χ0n) is 24.0. The van der Waals surface area contributed by atoms with Gasteiger partial charge in [0, 0.05) is 29.7 Å². The lowest BCUT2D eigenvalue weighted by molar-refractivity contribution is -0.164. The average molecular weight is 505 g/mol. The molecule has 0 spiro atoms. The average Bonchev–Trinajstić information content (AvgIpc) is 2.81. The Morgan fingerprint density at radius 2 is 1.68 bits per heavy atom. The third-order valence-corrected chi connectivity index (χ3v) is 12.3. The van der Waals surface area contributed by atoms with E-state index in [9.17, 15) is 19.6 Å². The summed E-state index contributed by atoms with van der Waals surface area (Å²) >= 11 is 0. The zero-order chi connectivity index (χ0) is 27.3. The van der Waals surface area contributed by atoms with Crippen molar-refractivity contribution in [1.82, 2.24) is 5.32 Å². The number of carbonyl (C=O) groups excluding carboxylic acids is 3. The van der Waals surface area contributed by atoms with Gasteiger partial charge >= 0.3 is 0 Å². The molecule has 1 N–H and O–H groups in total. The highest BCUT2D eigenvalue weighted by Gasteiger charge is 2.68. The van der Waals surface area contributed by atoms with Gasteiger partial charge in [0.15, 0.2) is 11.6 Å². The second kappa shape index (κ2) is 7.90. The van der Waals surface area contributed by atoms with Gasteiger partial charge in [0.1, 0.15) is 6.07 Å². The Hall–Kier alpha value is -2.22. The molecule has 1 amide bonds. The van der Waals surface area contributed by atoms with E-state index in [-0.39, 0.29) is 68.9 Å². The van der Waals surface area contributed by atoms with Crippen molar-refractivity contribution in [3.63, 3.8) is 0 Å². The molecule has 5 aliphatic rings. The smallest absolute Gasteiger partial charge is 0.223 e. The van der Waals surface area contributed by atoms with Crippen molar-refractivity contribution in [2.24, 2.45) is 56.7 Å². The molecular formula is C32H44N2O3. The van der Waals surface area contributed by atoms with E-state index in [4.69, 9.17) is 0 Å². The number of ketones is 2. The van der Waals surface area contributed by atoms with Gasteiger partial charge in [0.05, 0.1) is 5.57 Å². The van der Waals surface area contributed by atoms with Gasteiger partial charge in [-0.15, -0.1) is 0 Å². The van der Waals surface area contributed by atoms with Crippen LogP contribution in [0.1, 0.15) is 87.0 Å². The lowest BCUT2D eigenvalue weighted by Crippen LogP contribution is -2.64. The summed E-state index contributed by atoms with van der Waals surface area (Å²) in [6, 6.07) is 2.18. The fourth-order valence-corrected chi connectivity index (χ4v) is 10.4. The predicted molar refractivity (Wildman–Crippen MR) is 143 cm³/mol. The number of nitrogens with zero attached hydrogens (tertiary/aromatic N) is 1. The summed E-state index contributed by atoms with van der Waals surface area (Å²) < 4.78 is 0. The van der Waals surface area contributed by atoms with Crippen LogP contribution in [0.2, 0.25) is 0 Å². The number of allylic oxidation sites excluding steroid dienone is 4. The van der Waals surface area contributed by atoms with E-state index in [1.807, 2.05) is 26.0 Å². The van der Waals surface area contributed by atoms with Crippen LogP contribution in [0.15, 0.2) is 23.3 Å². The molecular weight excluding hydrogens is 460 g/mol. The van der Waals surface area contributed by atoms with E-state index in [0.29, 0.717) is 0 Å². The van der Waals surface area contributed by atoms with Crippen LogP contribution in [0.25, 0.3) is 0 Å². The minimum Gasteiger partial charge on any atom is -0.359 e. The number of Topliss-reactive ketones (excluding diaryl/α,β-unsaturated/α-hetero) is 1. The van der Waals surface area contributed by atoms with Gasteiger partial charge in [-0.05, 0) is 78.6 Å². The van der Waals surface area contributed by atoms with Gasteiger partial charge in [0.25, 0.3) is 0 Å². The van der Waals surface area contributed by atoms with Crippen molar-refractivity contribution in [3.8, 4) is 6.07 Å². The van der Waals surface area contributed by atoms with Crippen molar-refractivity contribution in [2.75, 3.05) is 7.05 Å². The number of rotatable bonds is 1. The normalized spacial score (nSPS) is 45.6. The van der Waals surface area contributed by atoms with Gasteiger partial charge in [-0.2, -0.15) is 5.26 Å². The Balaban J connectivity index is 1.66. The van der Waals surface area contributed by atoms with Crippen LogP contribution in [0.3, 0.4) is 0 Å². The second-order valence-electron chi connectivity index (χ2n) is 14.9. The molecule has 3 unspecified atom stereocenters. The molecule has 5 heteroatoms. The number of nitriles is 1. The van der Waals surface area contributed by atoms with Crippen LogP contribution in [0.4, 0.5) is 0 Å². The van der Waals surface area contributed by atoms with E-state index in [0.717, 1.165) is 44.1 Å². The molecule has 0 aromatic rings. The van der Waals surface area contributed by atoms with Gasteiger partial charge in [-0.1, -0.05) is 60.1 Å². The van der Waals surface area contributed by atoms with Crippen LogP contribution in [-0.2, 0) is 14.4 Å². The van der Waals surface area contributed by atoms with Crippen molar-refractivity contribution < 1.29 is 14.4 Å². The maximum atomic E-state index is 14.3. The fourth-order valence-electron chi connectivity index (χ4n) is 10.4. The summed E-state index contributed by atoms with van der Waals surface area (Å²) in [6.07, 6.45) is 9.40. The third-order valence-electron chi connectivity index (χ3n) is 12.3. The highest BCUT2D eigenvalue weighted by atomic mass is 16.2. The van der Waals surface area contributed by atoms with E-state index >= 15 is 0 Å². The molecule has 0 radical (unpaired) electrons. The number of amides is 1. The van der Waals surface area contributed by atoms with Crippen LogP contribution >= 0.6 is 0 Å². The number of fused-ring (bicyclic) bond motifs is 7. The lowest BCUT2D eigenvalue weighted by Gasteiger charge is -2.68. The first-order valence-electron chi connectivity index (χ1n) is 14.2. The molecule has 3 fully saturated rings. The van der Waals surface area contributed by atoms with Gasteiger partial charge in [-0.3, -0.25) is 14.4 Å². The summed E-state index contributed by atoms with van der Waals surface area (Å²) in [6.45, 7) is 15.3. The standard InChI is InChI=1S/C32H44N2O3/c1-28(2)15-20-19(21(16-28)27(37)34-8)9-11-32(7)25(20)22(35)13-24-30(5)14-18(17-33)26(36)29(3,4)23(30)10-12-31(24,32)6/h13-14,19-21,23,25H,9-12,15-16H2,1-8H3,(H,34,37)/t19?,20?,21-,23+,25?,30+,31-,32-/m1/s1. The summed E-state index contributed by atoms with van der Waals surface area (Å²) in [4.78, 5) is 40.5. The molecule has 8 atom stereocenters. The fraction of sp³-hybridized carbons (Fsp3) is 0.750. The second-order valence-corrected chi connectivity index (χ2v) is 14.9. The van der Waals surface area contributed by atoms with Crippen LogP contribution in [0, 0.1) is 68.0 Å². The Labute approximate surface area is 222 Å². The molecule has 0 bridgehead atoms.